The van der Waals surface area contributed by atoms with E-state index in [1.54, 1.807) is 0 Å². The Morgan fingerprint density at radius 3 is 2.64 bits per heavy atom. The highest BCUT2D eigenvalue weighted by molar-refractivity contribution is 7.10. The topological polar surface area (TPSA) is 26.7 Å². The lowest BCUT2D eigenvalue weighted by atomic mass is 9.95. The molecule has 0 bridgehead atoms. The number of hydrogen-bond acceptors (Lipinski definition) is 4. The van der Waals surface area contributed by atoms with Gasteiger partial charge < -0.3 is 5.11 Å². The zero-order chi connectivity index (χ0) is 17.4. The van der Waals surface area contributed by atoms with Crippen molar-refractivity contribution in [3.8, 4) is 0 Å². The van der Waals surface area contributed by atoms with Gasteiger partial charge in [-0.1, -0.05) is 17.7 Å². The van der Waals surface area contributed by atoms with Crippen molar-refractivity contribution in [1.29, 1.82) is 0 Å². The van der Waals surface area contributed by atoms with Crippen LogP contribution in [0.1, 0.15) is 39.9 Å². The van der Waals surface area contributed by atoms with Gasteiger partial charge in [0.25, 0.3) is 0 Å². The summed E-state index contributed by atoms with van der Waals surface area (Å²) < 4.78 is 0. The summed E-state index contributed by atoms with van der Waals surface area (Å²) in [6, 6.07) is 9.27. The Morgan fingerprint density at radius 2 is 1.96 bits per heavy atom. The predicted octanol–water partition coefficient (Wildman–Crippen LogP) is 3.90. The maximum absolute atomic E-state index is 9.15. The number of fused-ring (bicyclic) bond motifs is 1. The second-order valence-corrected chi connectivity index (χ2v) is 8.72. The summed E-state index contributed by atoms with van der Waals surface area (Å²) in [5, 5.41) is 12.3. The Labute approximate surface area is 158 Å². The lowest BCUT2D eigenvalue weighted by Gasteiger charge is -2.38. The number of nitrogens with zero attached hydrogens (tertiary/aromatic N) is 2. The molecule has 1 saturated heterocycles. The van der Waals surface area contributed by atoms with Crippen LogP contribution in [0.4, 0.5) is 0 Å². The number of piperazine rings is 1. The number of hydrogen-bond donors (Lipinski definition) is 1. The normalized spacial score (nSPS) is 24.6. The minimum atomic E-state index is 0.254. The van der Waals surface area contributed by atoms with Crippen LogP contribution in [0, 0.1) is 6.92 Å². The predicted molar refractivity (Wildman–Crippen MR) is 105 cm³/mol. The molecule has 2 aromatic rings. The van der Waals surface area contributed by atoms with E-state index in [0.29, 0.717) is 12.0 Å². The number of β-amino-alcohol motifs (C(OH)–C–C–N with tert-alkyl or cyclic N) is 1. The molecule has 0 amide bonds. The third-order valence-electron chi connectivity index (χ3n) is 5.66. The first-order chi connectivity index (χ1) is 12.2. The van der Waals surface area contributed by atoms with Gasteiger partial charge >= 0.3 is 0 Å². The Bertz CT molecular complexity index is 739. The standard InChI is InChI=1S/C20H25ClN2OS/c1-14-10-15(13-25-14)18-12-20(17-3-2-16(21)11-19(17)18)23-6-4-22(5-7-23)8-9-24/h2-3,10-11,13,18,20,24H,4-9,12H2,1H3/t18-,20+/m0/s1. The summed E-state index contributed by atoms with van der Waals surface area (Å²) in [4.78, 5) is 6.35. The first-order valence-electron chi connectivity index (χ1n) is 9.07. The molecule has 1 aromatic carbocycles. The first kappa shape index (κ1) is 17.5. The van der Waals surface area contributed by atoms with Gasteiger partial charge in [-0.15, -0.1) is 11.3 Å². The molecule has 134 valence electrons. The summed E-state index contributed by atoms with van der Waals surface area (Å²) in [7, 11) is 0. The molecular formula is C20H25ClN2OS. The fraction of sp³-hybridized carbons (Fsp3) is 0.500. The van der Waals surface area contributed by atoms with Crippen LogP contribution in [0.5, 0.6) is 0 Å². The lowest BCUT2D eigenvalue weighted by molar-refractivity contribution is 0.0827. The van der Waals surface area contributed by atoms with E-state index in [-0.39, 0.29) is 6.61 Å². The highest BCUT2D eigenvalue weighted by atomic mass is 35.5. The SMILES string of the molecule is Cc1cc([C@@H]2C[C@@H](N3CCN(CCO)CC3)c3ccc(Cl)cc32)cs1. The number of benzene rings is 1. The third-order valence-corrected chi connectivity index (χ3v) is 6.77. The summed E-state index contributed by atoms with van der Waals surface area (Å²) in [5.74, 6) is 0.458. The summed E-state index contributed by atoms with van der Waals surface area (Å²) in [5.41, 5.74) is 4.30. The number of aliphatic hydroxyl groups excluding tert-OH is 1. The second kappa shape index (κ2) is 7.37. The maximum Gasteiger partial charge on any atom is 0.0558 e. The Balaban J connectivity index is 1.58. The minimum absolute atomic E-state index is 0.254. The van der Waals surface area contributed by atoms with Gasteiger partial charge in [0.1, 0.15) is 0 Å². The largest absolute Gasteiger partial charge is 0.395 e. The molecule has 1 aromatic heterocycles. The van der Waals surface area contributed by atoms with E-state index in [4.69, 9.17) is 16.7 Å². The Hall–Kier alpha value is -0.910. The van der Waals surface area contributed by atoms with Crippen molar-refractivity contribution in [2.24, 2.45) is 0 Å². The number of aryl methyl sites for hydroxylation is 1. The van der Waals surface area contributed by atoms with Crippen molar-refractivity contribution >= 4 is 22.9 Å². The van der Waals surface area contributed by atoms with Gasteiger partial charge in [-0.05, 0) is 53.6 Å². The van der Waals surface area contributed by atoms with E-state index in [1.807, 2.05) is 17.4 Å². The van der Waals surface area contributed by atoms with Crippen molar-refractivity contribution in [3.63, 3.8) is 0 Å². The summed E-state index contributed by atoms with van der Waals surface area (Å²) in [6.45, 7) is 7.46. The van der Waals surface area contributed by atoms with Crippen LogP contribution in [-0.4, -0.2) is 54.2 Å². The molecule has 2 aliphatic rings. The number of halogens is 1. The fourth-order valence-electron chi connectivity index (χ4n) is 4.38. The minimum Gasteiger partial charge on any atom is -0.395 e. The zero-order valence-electron chi connectivity index (χ0n) is 14.6. The van der Waals surface area contributed by atoms with Crippen molar-refractivity contribution in [1.82, 2.24) is 9.80 Å². The molecule has 4 rings (SSSR count). The van der Waals surface area contributed by atoms with Gasteiger partial charge in [-0.3, -0.25) is 9.80 Å². The van der Waals surface area contributed by atoms with Crippen LogP contribution in [0.3, 0.4) is 0 Å². The first-order valence-corrected chi connectivity index (χ1v) is 10.3. The number of aliphatic hydroxyl groups is 1. The molecule has 1 aliphatic heterocycles. The molecule has 0 unspecified atom stereocenters. The van der Waals surface area contributed by atoms with Crippen molar-refractivity contribution in [3.05, 3.63) is 56.2 Å². The Morgan fingerprint density at radius 1 is 1.16 bits per heavy atom. The van der Waals surface area contributed by atoms with E-state index in [9.17, 15) is 0 Å². The van der Waals surface area contributed by atoms with Crippen molar-refractivity contribution < 1.29 is 5.11 Å². The molecule has 1 aliphatic carbocycles. The van der Waals surface area contributed by atoms with Crippen LogP contribution >= 0.6 is 22.9 Å². The maximum atomic E-state index is 9.15. The molecule has 25 heavy (non-hydrogen) atoms. The van der Waals surface area contributed by atoms with Crippen LogP contribution in [0.25, 0.3) is 0 Å². The van der Waals surface area contributed by atoms with Gasteiger partial charge in [0.2, 0.25) is 0 Å². The van der Waals surface area contributed by atoms with E-state index in [2.05, 4.69) is 40.3 Å². The zero-order valence-corrected chi connectivity index (χ0v) is 16.2. The monoisotopic (exact) mass is 376 g/mol. The van der Waals surface area contributed by atoms with Gasteiger partial charge in [0.05, 0.1) is 6.61 Å². The smallest absolute Gasteiger partial charge is 0.0558 e. The van der Waals surface area contributed by atoms with Crippen molar-refractivity contribution in [2.75, 3.05) is 39.3 Å². The molecule has 2 atom stereocenters. The molecule has 0 saturated carbocycles. The van der Waals surface area contributed by atoms with E-state index in [0.717, 1.165) is 44.2 Å². The number of rotatable bonds is 4. The molecule has 2 heterocycles. The highest BCUT2D eigenvalue weighted by Crippen LogP contribution is 2.48. The van der Waals surface area contributed by atoms with Crippen LogP contribution in [0.15, 0.2) is 29.6 Å². The number of thiophene rings is 1. The second-order valence-electron chi connectivity index (χ2n) is 7.17. The molecule has 0 spiro atoms. The lowest BCUT2D eigenvalue weighted by Crippen LogP contribution is -2.48. The highest BCUT2D eigenvalue weighted by Gasteiger charge is 2.36. The molecule has 1 N–H and O–H groups in total. The quantitative estimate of drug-likeness (QED) is 0.876. The van der Waals surface area contributed by atoms with Crippen LogP contribution < -0.4 is 0 Å². The Kier molecular flexibility index (Phi) is 5.16. The molecule has 5 heteroatoms. The fourth-order valence-corrected chi connectivity index (χ4v) is 5.31. The van der Waals surface area contributed by atoms with Crippen LogP contribution in [0.2, 0.25) is 5.02 Å². The molecule has 3 nitrogen and oxygen atoms in total. The van der Waals surface area contributed by atoms with Crippen molar-refractivity contribution in [2.45, 2.75) is 25.3 Å². The van der Waals surface area contributed by atoms with E-state index >= 15 is 0 Å². The average molecular weight is 377 g/mol. The third kappa shape index (κ3) is 3.51. The molecule has 0 radical (unpaired) electrons. The van der Waals surface area contributed by atoms with Gasteiger partial charge in [-0.2, -0.15) is 0 Å². The average Bonchev–Trinajstić information content (AvgIpc) is 3.19. The summed E-state index contributed by atoms with van der Waals surface area (Å²) in [6.07, 6.45) is 1.14. The van der Waals surface area contributed by atoms with Gasteiger partial charge in [-0.25, -0.2) is 0 Å². The van der Waals surface area contributed by atoms with Crippen LogP contribution in [-0.2, 0) is 0 Å². The van der Waals surface area contributed by atoms with E-state index < -0.39 is 0 Å². The van der Waals surface area contributed by atoms with E-state index in [1.165, 1.54) is 21.6 Å². The molecular weight excluding hydrogens is 352 g/mol. The van der Waals surface area contributed by atoms with Gasteiger partial charge in [0, 0.05) is 54.6 Å². The summed E-state index contributed by atoms with van der Waals surface area (Å²) >= 11 is 8.16. The van der Waals surface area contributed by atoms with Gasteiger partial charge in [0.15, 0.2) is 0 Å². The molecule has 1 fully saturated rings.